The van der Waals surface area contributed by atoms with Crippen LogP contribution in [-0.2, 0) is 4.79 Å². The van der Waals surface area contributed by atoms with E-state index in [-0.39, 0.29) is 17.5 Å². The van der Waals surface area contributed by atoms with E-state index in [0.717, 1.165) is 23.0 Å². The van der Waals surface area contributed by atoms with Gasteiger partial charge in [-0.3, -0.25) is 9.36 Å². The van der Waals surface area contributed by atoms with Crippen molar-refractivity contribution < 1.29 is 14.3 Å². The second-order valence-electron chi connectivity index (χ2n) is 5.09. The van der Waals surface area contributed by atoms with Gasteiger partial charge in [-0.25, -0.2) is 9.37 Å². The van der Waals surface area contributed by atoms with E-state index in [1.54, 1.807) is 22.9 Å². The third-order valence-corrected chi connectivity index (χ3v) is 3.95. The Morgan fingerprint density at radius 3 is 2.81 bits per heavy atom. The molecular formula is C15H17FN2O2S. The largest absolute Gasteiger partial charge is 0.481 e. The molecule has 0 unspecified atom stereocenters. The molecule has 2 rings (SSSR count). The molecular weight excluding hydrogens is 291 g/mol. The molecule has 6 heteroatoms. The molecule has 0 fully saturated rings. The number of rotatable bonds is 5. The van der Waals surface area contributed by atoms with Crippen LogP contribution < -0.4 is 0 Å². The van der Waals surface area contributed by atoms with Crippen molar-refractivity contribution in [2.24, 2.45) is 0 Å². The van der Waals surface area contributed by atoms with Crippen molar-refractivity contribution in [1.29, 1.82) is 0 Å². The second kappa shape index (κ2) is 6.30. The van der Waals surface area contributed by atoms with Crippen LogP contribution in [0.3, 0.4) is 0 Å². The summed E-state index contributed by atoms with van der Waals surface area (Å²) >= 11 is 1.09. The Balaban J connectivity index is 2.55. The number of thioether (sulfide) groups is 1. The fourth-order valence-electron chi connectivity index (χ4n) is 2.02. The van der Waals surface area contributed by atoms with Crippen molar-refractivity contribution in [3.05, 3.63) is 41.5 Å². The van der Waals surface area contributed by atoms with E-state index in [9.17, 15) is 9.18 Å². The smallest absolute Gasteiger partial charge is 0.313 e. The van der Waals surface area contributed by atoms with Crippen LogP contribution in [0.15, 0.2) is 29.6 Å². The average Bonchev–Trinajstić information content (AvgIpc) is 2.83. The van der Waals surface area contributed by atoms with E-state index in [4.69, 9.17) is 5.11 Å². The number of carbonyl (C=O) groups is 1. The van der Waals surface area contributed by atoms with Crippen LogP contribution in [0.1, 0.15) is 31.0 Å². The normalized spacial score (nSPS) is 11.1. The molecule has 1 heterocycles. The molecule has 0 radical (unpaired) electrons. The van der Waals surface area contributed by atoms with Gasteiger partial charge in [-0.15, -0.1) is 0 Å². The minimum absolute atomic E-state index is 0.109. The van der Waals surface area contributed by atoms with E-state index in [1.807, 2.05) is 20.8 Å². The van der Waals surface area contributed by atoms with E-state index in [2.05, 4.69) is 4.98 Å². The lowest BCUT2D eigenvalue weighted by molar-refractivity contribution is -0.133. The molecule has 21 heavy (non-hydrogen) atoms. The van der Waals surface area contributed by atoms with Gasteiger partial charge in [0.25, 0.3) is 0 Å². The molecule has 2 aromatic rings. The van der Waals surface area contributed by atoms with Gasteiger partial charge < -0.3 is 5.11 Å². The van der Waals surface area contributed by atoms with Crippen molar-refractivity contribution in [3.8, 4) is 5.69 Å². The maximum absolute atomic E-state index is 14.2. The number of carboxylic acid groups (broad SMARTS) is 1. The van der Waals surface area contributed by atoms with Crippen molar-refractivity contribution in [2.45, 2.75) is 31.8 Å². The van der Waals surface area contributed by atoms with Gasteiger partial charge in [-0.2, -0.15) is 0 Å². The summed E-state index contributed by atoms with van der Waals surface area (Å²) in [6, 6.07) is 4.86. The van der Waals surface area contributed by atoms with Crippen molar-refractivity contribution in [2.75, 3.05) is 5.75 Å². The first-order valence-electron chi connectivity index (χ1n) is 6.59. The summed E-state index contributed by atoms with van der Waals surface area (Å²) in [5.74, 6) is -1.23. The Kier molecular flexibility index (Phi) is 4.67. The van der Waals surface area contributed by atoms with Gasteiger partial charge in [-0.05, 0) is 30.5 Å². The van der Waals surface area contributed by atoms with Crippen LogP contribution in [-0.4, -0.2) is 26.4 Å². The molecule has 1 aromatic carbocycles. The van der Waals surface area contributed by atoms with Crippen LogP contribution in [0.2, 0.25) is 0 Å². The monoisotopic (exact) mass is 308 g/mol. The highest BCUT2D eigenvalue weighted by Gasteiger charge is 2.18. The van der Waals surface area contributed by atoms with E-state index < -0.39 is 5.97 Å². The summed E-state index contributed by atoms with van der Waals surface area (Å²) in [7, 11) is 0. The lowest BCUT2D eigenvalue weighted by atomic mass is 10.1. The summed E-state index contributed by atoms with van der Waals surface area (Å²) in [4.78, 5) is 15.0. The third-order valence-electron chi connectivity index (χ3n) is 3.02. The zero-order valence-electron chi connectivity index (χ0n) is 12.1. The van der Waals surface area contributed by atoms with Gasteiger partial charge in [0.15, 0.2) is 5.16 Å². The SMILES string of the molecule is Cc1ccc(F)c(-n2c(C(C)C)cnc2SCC(=O)O)c1. The molecule has 0 saturated heterocycles. The summed E-state index contributed by atoms with van der Waals surface area (Å²) in [5.41, 5.74) is 2.19. The molecule has 0 atom stereocenters. The number of benzene rings is 1. The highest BCUT2D eigenvalue weighted by molar-refractivity contribution is 7.99. The quantitative estimate of drug-likeness (QED) is 0.857. The van der Waals surface area contributed by atoms with Gasteiger partial charge in [0.1, 0.15) is 5.82 Å². The maximum Gasteiger partial charge on any atom is 0.313 e. The fourth-order valence-corrected chi connectivity index (χ4v) is 2.73. The van der Waals surface area contributed by atoms with Crippen LogP contribution in [0, 0.1) is 12.7 Å². The summed E-state index contributed by atoms with van der Waals surface area (Å²) in [6.45, 7) is 5.87. The lowest BCUT2D eigenvalue weighted by Gasteiger charge is -2.15. The number of carboxylic acids is 1. The minimum Gasteiger partial charge on any atom is -0.481 e. The van der Waals surface area contributed by atoms with Crippen molar-refractivity contribution in [3.63, 3.8) is 0 Å². The van der Waals surface area contributed by atoms with Gasteiger partial charge in [0.05, 0.1) is 17.6 Å². The number of nitrogens with zero attached hydrogens (tertiary/aromatic N) is 2. The molecule has 0 aliphatic carbocycles. The standard InChI is InChI=1S/C15H17FN2O2S/c1-9(2)13-7-17-15(21-8-14(19)20)18(13)12-6-10(3)4-5-11(12)16/h4-7,9H,8H2,1-3H3,(H,19,20). The van der Waals surface area contributed by atoms with Crippen LogP contribution in [0.25, 0.3) is 5.69 Å². The number of aliphatic carboxylic acids is 1. The van der Waals surface area contributed by atoms with Gasteiger partial charge in [-0.1, -0.05) is 31.7 Å². The summed E-state index contributed by atoms with van der Waals surface area (Å²) in [6.07, 6.45) is 1.68. The van der Waals surface area contributed by atoms with Gasteiger partial charge in [0.2, 0.25) is 0 Å². The Morgan fingerprint density at radius 2 is 2.19 bits per heavy atom. The predicted octanol–water partition coefficient (Wildman–Crippen LogP) is 3.62. The molecule has 0 bridgehead atoms. The Hall–Kier alpha value is -1.82. The number of aryl methyl sites for hydroxylation is 1. The zero-order valence-corrected chi connectivity index (χ0v) is 12.9. The van der Waals surface area contributed by atoms with E-state index in [0.29, 0.717) is 10.8 Å². The third kappa shape index (κ3) is 3.44. The average molecular weight is 308 g/mol. The molecule has 0 amide bonds. The molecule has 4 nitrogen and oxygen atoms in total. The topological polar surface area (TPSA) is 55.1 Å². The number of hydrogen-bond acceptors (Lipinski definition) is 3. The summed E-state index contributed by atoms with van der Waals surface area (Å²) in [5, 5.41) is 9.31. The Bertz CT molecular complexity index is 668. The predicted molar refractivity (Wildman–Crippen MR) is 80.7 cm³/mol. The number of hydrogen-bond donors (Lipinski definition) is 1. The number of halogens is 1. The van der Waals surface area contributed by atoms with Crippen molar-refractivity contribution >= 4 is 17.7 Å². The second-order valence-corrected chi connectivity index (χ2v) is 6.04. The first-order chi connectivity index (χ1) is 9.90. The minimum atomic E-state index is -0.926. The number of imidazole rings is 1. The van der Waals surface area contributed by atoms with Crippen molar-refractivity contribution in [1.82, 2.24) is 9.55 Å². The molecule has 112 valence electrons. The molecule has 0 saturated carbocycles. The maximum atomic E-state index is 14.2. The van der Waals surface area contributed by atoms with Crippen LogP contribution >= 0.6 is 11.8 Å². The van der Waals surface area contributed by atoms with Crippen LogP contribution in [0.5, 0.6) is 0 Å². The molecule has 0 spiro atoms. The number of aromatic nitrogens is 2. The first kappa shape index (κ1) is 15.6. The summed E-state index contributed by atoms with van der Waals surface area (Å²) < 4.78 is 15.9. The highest BCUT2D eigenvalue weighted by atomic mass is 32.2. The van der Waals surface area contributed by atoms with Gasteiger partial charge >= 0.3 is 5.97 Å². The highest BCUT2D eigenvalue weighted by Crippen LogP contribution is 2.29. The molecule has 1 aromatic heterocycles. The van der Waals surface area contributed by atoms with E-state index in [1.165, 1.54) is 6.07 Å². The molecule has 1 N–H and O–H groups in total. The first-order valence-corrected chi connectivity index (χ1v) is 7.57. The van der Waals surface area contributed by atoms with Crippen LogP contribution in [0.4, 0.5) is 4.39 Å². The molecule has 0 aliphatic rings. The van der Waals surface area contributed by atoms with Gasteiger partial charge in [0, 0.05) is 5.69 Å². The zero-order chi connectivity index (χ0) is 15.6. The molecule has 0 aliphatic heterocycles. The Labute approximate surface area is 127 Å². The lowest BCUT2D eigenvalue weighted by Crippen LogP contribution is -2.07. The Morgan fingerprint density at radius 1 is 1.48 bits per heavy atom. The van der Waals surface area contributed by atoms with E-state index >= 15 is 0 Å². The fraction of sp³-hybridized carbons (Fsp3) is 0.333.